The van der Waals surface area contributed by atoms with Gasteiger partial charge in [-0.1, -0.05) is 28.9 Å². The Morgan fingerprint density at radius 3 is 2.83 bits per heavy atom. The summed E-state index contributed by atoms with van der Waals surface area (Å²) in [6.45, 7) is 2.38. The predicted octanol–water partition coefficient (Wildman–Crippen LogP) is 3.27. The second kappa shape index (κ2) is 6.91. The molecule has 3 N–H and O–H groups in total. The van der Waals surface area contributed by atoms with Gasteiger partial charge in [-0.2, -0.15) is 0 Å². The van der Waals surface area contributed by atoms with Gasteiger partial charge in [0.05, 0.1) is 5.54 Å². The molecule has 23 heavy (non-hydrogen) atoms. The minimum absolute atomic E-state index is 0. The van der Waals surface area contributed by atoms with Crippen LogP contribution >= 0.6 is 24.0 Å². The first-order valence-electron chi connectivity index (χ1n) is 7.27. The standard InChI is InChI=1S/C16H18ClN3O2.ClH/c1-16(9-18,11-5-6-11)19-15(21)13-8-14(22-20-13)10-3-2-4-12(17)7-10;/h2-4,7-8,11H,5-6,9,18H2,1H3,(H,19,21);1H. The van der Waals surface area contributed by atoms with Crippen LogP contribution in [0, 0.1) is 5.92 Å². The quantitative estimate of drug-likeness (QED) is 0.862. The zero-order chi connectivity index (χ0) is 15.7. The Bertz CT molecular complexity index is 700. The second-order valence-electron chi connectivity index (χ2n) is 5.94. The summed E-state index contributed by atoms with van der Waals surface area (Å²) >= 11 is 5.96. The highest BCUT2D eigenvalue weighted by molar-refractivity contribution is 6.30. The van der Waals surface area contributed by atoms with Crippen LogP contribution in [-0.2, 0) is 0 Å². The first-order valence-corrected chi connectivity index (χ1v) is 7.65. The summed E-state index contributed by atoms with van der Waals surface area (Å²) in [5, 5.41) is 7.44. The minimum Gasteiger partial charge on any atom is -0.355 e. The molecule has 1 aliphatic rings. The maximum atomic E-state index is 12.3. The number of amides is 1. The molecule has 1 aliphatic carbocycles. The van der Waals surface area contributed by atoms with Crippen LogP contribution in [0.3, 0.4) is 0 Å². The smallest absolute Gasteiger partial charge is 0.273 e. The van der Waals surface area contributed by atoms with Crippen LogP contribution in [0.4, 0.5) is 0 Å². The number of aromatic nitrogens is 1. The maximum absolute atomic E-state index is 12.3. The van der Waals surface area contributed by atoms with E-state index in [4.69, 9.17) is 21.9 Å². The Labute approximate surface area is 146 Å². The van der Waals surface area contributed by atoms with Crippen LogP contribution in [-0.4, -0.2) is 23.1 Å². The Hall–Kier alpha value is -1.56. The van der Waals surface area contributed by atoms with Gasteiger partial charge in [-0.3, -0.25) is 4.79 Å². The molecule has 7 heteroatoms. The third kappa shape index (κ3) is 3.86. The average Bonchev–Trinajstić information content (AvgIpc) is 3.25. The molecule has 1 amide bonds. The lowest BCUT2D eigenvalue weighted by Gasteiger charge is -2.28. The van der Waals surface area contributed by atoms with Crippen molar-refractivity contribution in [2.24, 2.45) is 11.7 Å². The highest BCUT2D eigenvalue weighted by Gasteiger charge is 2.42. The Morgan fingerprint density at radius 2 is 2.22 bits per heavy atom. The van der Waals surface area contributed by atoms with Gasteiger partial charge < -0.3 is 15.6 Å². The van der Waals surface area contributed by atoms with Crippen molar-refractivity contribution in [3.8, 4) is 11.3 Å². The molecule has 0 bridgehead atoms. The fourth-order valence-electron chi connectivity index (χ4n) is 2.52. The van der Waals surface area contributed by atoms with E-state index in [1.165, 1.54) is 0 Å². The third-order valence-corrected chi connectivity index (χ3v) is 4.39. The molecule has 0 aliphatic heterocycles. The number of rotatable bonds is 5. The molecule has 124 valence electrons. The molecule has 0 saturated heterocycles. The molecule has 1 atom stereocenters. The summed E-state index contributed by atoms with van der Waals surface area (Å²) in [5.41, 5.74) is 6.46. The number of halogens is 2. The van der Waals surface area contributed by atoms with Gasteiger partial charge in [0, 0.05) is 23.2 Å². The molecular formula is C16H19Cl2N3O2. The van der Waals surface area contributed by atoms with Gasteiger partial charge in [0.1, 0.15) is 0 Å². The number of hydrogen-bond donors (Lipinski definition) is 2. The van der Waals surface area contributed by atoms with E-state index in [1.807, 2.05) is 19.1 Å². The monoisotopic (exact) mass is 355 g/mol. The number of nitrogens with two attached hydrogens (primary N) is 1. The number of carbonyl (C=O) groups excluding carboxylic acids is 1. The van der Waals surface area contributed by atoms with E-state index in [2.05, 4.69) is 10.5 Å². The third-order valence-electron chi connectivity index (χ3n) is 4.15. The van der Waals surface area contributed by atoms with Crippen molar-refractivity contribution in [2.75, 3.05) is 6.54 Å². The molecule has 5 nitrogen and oxygen atoms in total. The van der Waals surface area contributed by atoms with E-state index >= 15 is 0 Å². The molecule has 2 aromatic rings. The zero-order valence-electron chi connectivity index (χ0n) is 12.7. The van der Waals surface area contributed by atoms with Crippen LogP contribution in [0.1, 0.15) is 30.3 Å². The summed E-state index contributed by atoms with van der Waals surface area (Å²) in [4.78, 5) is 12.3. The largest absolute Gasteiger partial charge is 0.355 e. The lowest BCUT2D eigenvalue weighted by molar-refractivity contribution is 0.0888. The minimum atomic E-state index is -0.383. The van der Waals surface area contributed by atoms with E-state index in [0.29, 0.717) is 23.2 Å². The van der Waals surface area contributed by atoms with E-state index in [9.17, 15) is 4.79 Å². The first kappa shape index (κ1) is 17.8. The summed E-state index contributed by atoms with van der Waals surface area (Å²) in [7, 11) is 0. The van der Waals surface area contributed by atoms with Crippen LogP contribution in [0.25, 0.3) is 11.3 Å². The van der Waals surface area contributed by atoms with Crippen LogP contribution < -0.4 is 11.1 Å². The van der Waals surface area contributed by atoms with Gasteiger partial charge >= 0.3 is 0 Å². The molecule has 1 aromatic carbocycles. The first-order chi connectivity index (χ1) is 10.5. The molecule has 1 aromatic heterocycles. The lowest BCUT2D eigenvalue weighted by atomic mass is 9.96. The van der Waals surface area contributed by atoms with Crippen molar-refractivity contribution >= 4 is 29.9 Å². The number of carbonyl (C=O) groups is 1. The SMILES string of the molecule is CC(CN)(NC(=O)c1cc(-c2cccc(Cl)c2)on1)C1CC1.Cl. The molecule has 1 fully saturated rings. The van der Waals surface area contributed by atoms with Crippen molar-refractivity contribution < 1.29 is 9.32 Å². The van der Waals surface area contributed by atoms with Crippen molar-refractivity contribution in [1.82, 2.24) is 10.5 Å². The second-order valence-corrected chi connectivity index (χ2v) is 6.37. The van der Waals surface area contributed by atoms with E-state index in [-0.39, 0.29) is 29.5 Å². The normalized spacial score (nSPS) is 16.3. The van der Waals surface area contributed by atoms with Crippen molar-refractivity contribution in [2.45, 2.75) is 25.3 Å². The number of nitrogens with one attached hydrogen (secondary N) is 1. The van der Waals surface area contributed by atoms with Crippen molar-refractivity contribution in [3.05, 3.63) is 41.0 Å². The van der Waals surface area contributed by atoms with Crippen LogP contribution in [0.15, 0.2) is 34.9 Å². The van der Waals surface area contributed by atoms with Gasteiger partial charge in [0.15, 0.2) is 11.5 Å². The lowest BCUT2D eigenvalue weighted by Crippen LogP contribution is -2.53. The summed E-state index contributed by atoms with van der Waals surface area (Å²) < 4.78 is 5.25. The van der Waals surface area contributed by atoms with E-state index in [1.54, 1.807) is 18.2 Å². The Kier molecular flexibility index (Phi) is 5.34. The van der Waals surface area contributed by atoms with Crippen molar-refractivity contribution in [1.29, 1.82) is 0 Å². The summed E-state index contributed by atoms with van der Waals surface area (Å²) in [6.07, 6.45) is 2.20. The topological polar surface area (TPSA) is 81.1 Å². The van der Waals surface area contributed by atoms with E-state index < -0.39 is 0 Å². The van der Waals surface area contributed by atoms with Gasteiger partial charge in [-0.25, -0.2) is 0 Å². The average molecular weight is 356 g/mol. The molecule has 0 radical (unpaired) electrons. The molecular weight excluding hydrogens is 337 g/mol. The van der Waals surface area contributed by atoms with Crippen molar-refractivity contribution in [3.63, 3.8) is 0 Å². The Balaban J connectivity index is 0.00000192. The fourth-order valence-corrected chi connectivity index (χ4v) is 2.71. The van der Waals surface area contributed by atoms with E-state index in [0.717, 1.165) is 18.4 Å². The number of nitrogens with zero attached hydrogens (tertiary/aromatic N) is 1. The molecule has 0 spiro atoms. The maximum Gasteiger partial charge on any atom is 0.273 e. The van der Waals surface area contributed by atoms with Gasteiger partial charge in [0.25, 0.3) is 5.91 Å². The molecule has 1 heterocycles. The van der Waals surface area contributed by atoms with Gasteiger partial charge in [-0.05, 0) is 37.8 Å². The van der Waals surface area contributed by atoms with Crippen LogP contribution in [0.5, 0.6) is 0 Å². The highest BCUT2D eigenvalue weighted by Crippen LogP contribution is 2.39. The molecule has 1 unspecified atom stereocenters. The van der Waals surface area contributed by atoms with Gasteiger partial charge in [0.2, 0.25) is 0 Å². The predicted molar refractivity (Wildman–Crippen MR) is 91.8 cm³/mol. The summed E-state index contributed by atoms with van der Waals surface area (Å²) in [5.74, 6) is 0.686. The Morgan fingerprint density at radius 1 is 1.48 bits per heavy atom. The molecule has 1 saturated carbocycles. The highest BCUT2D eigenvalue weighted by atomic mass is 35.5. The number of benzene rings is 1. The number of hydrogen-bond acceptors (Lipinski definition) is 4. The van der Waals surface area contributed by atoms with Gasteiger partial charge in [-0.15, -0.1) is 12.4 Å². The summed E-state index contributed by atoms with van der Waals surface area (Å²) in [6, 6.07) is 8.82. The van der Waals surface area contributed by atoms with Crippen LogP contribution in [0.2, 0.25) is 5.02 Å². The zero-order valence-corrected chi connectivity index (χ0v) is 14.3. The fraction of sp³-hybridized carbons (Fsp3) is 0.375. The molecule has 3 rings (SSSR count).